The number of imidazole rings is 1. The highest BCUT2D eigenvalue weighted by atomic mass is 79.9. The van der Waals surface area contributed by atoms with Crippen molar-refractivity contribution in [2.45, 2.75) is 20.4 Å². The van der Waals surface area contributed by atoms with Crippen LogP contribution in [0.1, 0.15) is 24.5 Å². The van der Waals surface area contributed by atoms with Gasteiger partial charge in [0.25, 0.3) is 0 Å². The number of hydrogen-bond donors (Lipinski definition) is 0. The average Bonchev–Trinajstić information content (AvgIpc) is 2.69. The third-order valence-electron chi connectivity index (χ3n) is 2.77. The Morgan fingerprint density at radius 3 is 2.89 bits per heavy atom. The topological polar surface area (TPSA) is 44.1 Å². The SMILES string of the molecule is CCOCCn1c(C(C)=O)nc2cc(F)c(Br)cc21. The third-order valence-corrected chi connectivity index (χ3v) is 3.38. The standard InChI is InChI=1S/C13H14BrFN2O2/c1-3-19-5-4-17-12-6-9(14)10(15)7-11(12)16-13(17)8(2)18/h6-7H,3-5H2,1-2H3. The van der Waals surface area contributed by atoms with Gasteiger partial charge in [-0.1, -0.05) is 0 Å². The summed E-state index contributed by atoms with van der Waals surface area (Å²) in [5.74, 6) is -0.214. The van der Waals surface area contributed by atoms with Crippen LogP contribution in [0.2, 0.25) is 0 Å². The molecule has 0 N–H and O–H groups in total. The summed E-state index contributed by atoms with van der Waals surface area (Å²) in [6.07, 6.45) is 0. The minimum Gasteiger partial charge on any atom is -0.380 e. The van der Waals surface area contributed by atoms with Crippen molar-refractivity contribution in [2.24, 2.45) is 0 Å². The van der Waals surface area contributed by atoms with Crippen LogP contribution < -0.4 is 0 Å². The molecule has 0 saturated carbocycles. The van der Waals surface area contributed by atoms with Crippen LogP contribution in [-0.2, 0) is 11.3 Å². The number of nitrogens with zero attached hydrogens (tertiary/aromatic N) is 2. The van der Waals surface area contributed by atoms with E-state index in [1.807, 2.05) is 6.92 Å². The van der Waals surface area contributed by atoms with E-state index in [0.717, 1.165) is 5.52 Å². The van der Waals surface area contributed by atoms with E-state index in [-0.39, 0.29) is 5.78 Å². The molecule has 0 saturated heterocycles. The van der Waals surface area contributed by atoms with Gasteiger partial charge >= 0.3 is 0 Å². The minimum absolute atomic E-state index is 0.149. The molecule has 0 aliphatic heterocycles. The molecule has 6 heteroatoms. The highest BCUT2D eigenvalue weighted by Crippen LogP contribution is 2.24. The van der Waals surface area contributed by atoms with Gasteiger partial charge in [-0.15, -0.1) is 0 Å². The number of rotatable bonds is 5. The molecule has 2 aromatic rings. The lowest BCUT2D eigenvalue weighted by molar-refractivity contribution is 0.0994. The van der Waals surface area contributed by atoms with Crippen molar-refractivity contribution < 1.29 is 13.9 Å². The Hall–Kier alpha value is -1.27. The highest BCUT2D eigenvalue weighted by molar-refractivity contribution is 9.10. The van der Waals surface area contributed by atoms with Crippen LogP contribution >= 0.6 is 15.9 Å². The molecule has 4 nitrogen and oxygen atoms in total. The van der Waals surface area contributed by atoms with Crippen molar-refractivity contribution in [3.63, 3.8) is 0 Å². The monoisotopic (exact) mass is 328 g/mol. The zero-order valence-electron chi connectivity index (χ0n) is 10.7. The van der Waals surface area contributed by atoms with Crippen LogP contribution in [0.5, 0.6) is 0 Å². The smallest absolute Gasteiger partial charge is 0.195 e. The first-order valence-corrected chi connectivity index (χ1v) is 6.77. The van der Waals surface area contributed by atoms with Crippen LogP contribution in [0, 0.1) is 5.82 Å². The minimum atomic E-state index is -0.392. The van der Waals surface area contributed by atoms with Crippen molar-refractivity contribution in [1.29, 1.82) is 0 Å². The molecule has 0 aliphatic carbocycles. The number of carbonyl (C=O) groups is 1. The summed E-state index contributed by atoms with van der Waals surface area (Å²) in [5, 5.41) is 0. The van der Waals surface area contributed by atoms with Gasteiger partial charge in [-0.2, -0.15) is 0 Å². The summed E-state index contributed by atoms with van der Waals surface area (Å²) < 4.78 is 20.9. The van der Waals surface area contributed by atoms with Crippen molar-refractivity contribution in [3.8, 4) is 0 Å². The molecule has 0 fully saturated rings. The molecule has 0 bridgehead atoms. The Labute approximate surface area is 118 Å². The molecule has 0 atom stereocenters. The van der Waals surface area contributed by atoms with Gasteiger partial charge < -0.3 is 9.30 Å². The summed E-state index contributed by atoms with van der Waals surface area (Å²) in [6.45, 7) is 4.96. The summed E-state index contributed by atoms with van der Waals surface area (Å²) in [5.41, 5.74) is 1.19. The molecule has 1 heterocycles. The number of aromatic nitrogens is 2. The third kappa shape index (κ3) is 2.84. The Morgan fingerprint density at radius 2 is 2.26 bits per heavy atom. The normalized spacial score (nSPS) is 11.2. The van der Waals surface area contributed by atoms with Gasteiger partial charge in [0.15, 0.2) is 11.6 Å². The summed E-state index contributed by atoms with van der Waals surface area (Å²) in [4.78, 5) is 15.8. The predicted octanol–water partition coefficient (Wildman–Crippen LogP) is 3.18. The van der Waals surface area contributed by atoms with E-state index in [4.69, 9.17) is 4.74 Å². The van der Waals surface area contributed by atoms with Crippen LogP contribution in [0.4, 0.5) is 4.39 Å². The van der Waals surface area contributed by atoms with Gasteiger partial charge in [0, 0.05) is 26.1 Å². The van der Waals surface area contributed by atoms with Gasteiger partial charge in [-0.3, -0.25) is 4.79 Å². The first-order valence-electron chi connectivity index (χ1n) is 5.98. The highest BCUT2D eigenvalue weighted by Gasteiger charge is 2.16. The van der Waals surface area contributed by atoms with E-state index in [0.29, 0.717) is 35.6 Å². The number of ether oxygens (including phenoxy) is 1. The molecular weight excluding hydrogens is 315 g/mol. The van der Waals surface area contributed by atoms with Crippen LogP contribution in [0.15, 0.2) is 16.6 Å². The Bertz CT molecular complexity index is 625. The molecule has 0 amide bonds. The molecule has 0 unspecified atom stereocenters. The number of Topliss-reactive ketones (excluding diaryl/α,β-unsaturated/α-hetero) is 1. The number of fused-ring (bicyclic) bond motifs is 1. The lowest BCUT2D eigenvalue weighted by atomic mass is 10.3. The predicted molar refractivity (Wildman–Crippen MR) is 73.9 cm³/mol. The number of hydrogen-bond acceptors (Lipinski definition) is 3. The molecule has 19 heavy (non-hydrogen) atoms. The maximum atomic E-state index is 13.5. The van der Waals surface area contributed by atoms with E-state index < -0.39 is 5.82 Å². The molecule has 0 radical (unpaired) electrons. The van der Waals surface area contributed by atoms with E-state index in [9.17, 15) is 9.18 Å². The summed E-state index contributed by atoms with van der Waals surface area (Å²) in [6, 6.07) is 2.96. The second-order valence-corrected chi connectivity index (χ2v) is 4.95. The quantitative estimate of drug-likeness (QED) is 0.625. The molecular formula is C13H14BrFN2O2. The van der Waals surface area contributed by atoms with Gasteiger partial charge in [-0.05, 0) is 28.9 Å². The Kier molecular flexibility index (Phi) is 4.31. The van der Waals surface area contributed by atoms with E-state index in [1.165, 1.54) is 13.0 Å². The Balaban J connectivity index is 2.52. The molecule has 0 spiro atoms. The zero-order valence-corrected chi connectivity index (χ0v) is 12.3. The molecule has 2 rings (SSSR count). The van der Waals surface area contributed by atoms with E-state index in [2.05, 4.69) is 20.9 Å². The lowest BCUT2D eigenvalue weighted by Gasteiger charge is -2.07. The largest absolute Gasteiger partial charge is 0.380 e. The first kappa shape index (κ1) is 14.1. The summed E-state index contributed by atoms with van der Waals surface area (Å²) >= 11 is 3.15. The van der Waals surface area contributed by atoms with Gasteiger partial charge in [0.1, 0.15) is 5.82 Å². The van der Waals surface area contributed by atoms with Crippen molar-refractivity contribution >= 4 is 32.7 Å². The fourth-order valence-electron chi connectivity index (χ4n) is 1.92. The fourth-order valence-corrected chi connectivity index (χ4v) is 2.25. The zero-order chi connectivity index (χ0) is 14.0. The number of carbonyl (C=O) groups excluding carboxylic acids is 1. The van der Waals surface area contributed by atoms with Crippen LogP contribution in [0.25, 0.3) is 11.0 Å². The molecule has 1 aromatic heterocycles. The summed E-state index contributed by atoms with van der Waals surface area (Å²) in [7, 11) is 0. The molecule has 102 valence electrons. The van der Waals surface area contributed by atoms with E-state index in [1.54, 1.807) is 10.6 Å². The van der Waals surface area contributed by atoms with Crippen molar-refractivity contribution in [2.75, 3.05) is 13.2 Å². The van der Waals surface area contributed by atoms with Gasteiger partial charge in [-0.25, -0.2) is 9.37 Å². The maximum Gasteiger partial charge on any atom is 0.195 e. The van der Waals surface area contributed by atoms with Crippen molar-refractivity contribution in [3.05, 3.63) is 28.2 Å². The van der Waals surface area contributed by atoms with Crippen molar-refractivity contribution in [1.82, 2.24) is 9.55 Å². The second-order valence-electron chi connectivity index (χ2n) is 4.10. The maximum absolute atomic E-state index is 13.5. The Morgan fingerprint density at radius 1 is 1.53 bits per heavy atom. The van der Waals surface area contributed by atoms with Gasteiger partial charge in [0.2, 0.25) is 0 Å². The number of benzene rings is 1. The number of halogens is 2. The van der Waals surface area contributed by atoms with Crippen LogP contribution in [-0.4, -0.2) is 28.5 Å². The lowest BCUT2D eigenvalue weighted by Crippen LogP contribution is -2.12. The fraction of sp³-hybridized carbons (Fsp3) is 0.385. The first-order chi connectivity index (χ1) is 9.04. The van der Waals surface area contributed by atoms with E-state index >= 15 is 0 Å². The second kappa shape index (κ2) is 5.79. The molecule has 1 aromatic carbocycles. The van der Waals surface area contributed by atoms with Gasteiger partial charge in [0.05, 0.1) is 22.1 Å². The number of ketones is 1. The molecule has 0 aliphatic rings. The van der Waals surface area contributed by atoms with Crippen LogP contribution in [0.3, 0.4) is 0 Å². The average molecular weight is 329 g/mol.